The number of rotatable bonds is 4. The van der Waals surface area contributed by atoms with Crippen molar-refractivity contribution in [2.24, 2.45) is 5.92 Å². The van der Waals surface area contributed by atoms with Crippen molar-refractivity contribution < 1.29 is 9.18 Å². The van der Waals surface area contributed by atoms with Crippen LogP contribution in [0.3, 0.4) is 0 Å². The summed E-state index contributed by atoms with van der Waals surface area (Å²) in [5, 5.41) is 13.1. The van der Waals surface area contributed by atoms with Gasteiger partial charge in [-0.2, -0.15) is 0 Å². The number of carbonyl (C=O) groups is 1. The molecule has 5 rings (SSSR count). The number of amides is 1. The molecule has 4 aromatic rings. The number of halogens is 1. The standard InChI is InChI=1S/C20H18FN5OS2/c1-11-5-6-14-15(7-11)29-19-17(14)18-24-25-20(26(18)10-22-19)28-9-16(27)23-13-4-2-3-12(21)8-13/h2-4,8,10-11H,5-7,9H2,1H3,(H,23,27). The van der Waals surface area contributed by atoms with Crippen LogP contribution >= 0.6 is 23.1 Å². The highest BCUT2D eigenvalue weighted by Gasteiger charge is 2.24. The number of benzene rings is 1. The van der Waals surface area contributed by atoms with Crippen molar-refractivity contribution in [3.63, 3.8) is 0 Å². The second-order valence-electron chi connectivity index (χ2n) is 7.30. The summed E-state index contributed by atoms with van der Waals surface area (Å²) >= 11 is 3.04. The molecule has 1 unspecified atom stereocenters. The van der Waals surface area contributed by atoms with Crippen LogP contribution < -0.4 is 5.32 Å². The third-order valence-corrected chi connectivity index (χ3v) is 7.22. The first-order valence-electron chi connectivity index (χ1n) is 9.40. The molecule has 148 valence electrons. The lowest BCUT2D eigenvalue weighted by molar-refractivity contribution is -0.113. The monoisotopic (exact) mass is 427 g/mol. The topological polar surface area (TPSA) is 72.2 Å². The van der Waals surface area contributed by atoms with Crippen LogP contribution in [0.2, 0.25) is 0 Å². The highest BCUT2D eigenvalue weighted by atomic mass is 32.2. The van der Waals surface area contributed by atoms with Gasteiger partial charge < -0.3 is 5.32 Å². The van der Waals surface area contributed by atoms with Crippen molar-refractivity contribution in [2.75, 3.05) is 11.1 Å². The first-order valence-corrected chi connectivity index (χ1v) is 11.2. The molecule has 0 bridgehead atoms. The minimum atomic E-state index is -0.387. The summed E-state index contributed by atoms with van der Waals surface area (Å²) in [6, 6.07) is 5.84. The van der Waals surface area contributed by atoms with Crippen molar-refractivity contribution in [3.8, 4) is 0 Å². The largest absolute Gasteiger partial charge is 0.325 e. The summed E-state index contributed by atoms with van der Waals surface area (Å²) in [5.41, 5.74) is 2.59. The van der Waals surface area contributed by atoms with E-state index in [0.29, 0.717) is 16.8 Å². The molecule has 0 saturated carbocycles. The minimum absolute atomic E-state index is 0.147. The summed E-state index contributed by atoms with van der Waals surface area (Å²) in [6.07, 6.45) is 5.05. The number of hydrogen-bond donors (Lipinski definition) is 1. The normalized spacial score (nSPS) is 16.3. The number of hydrogen-bond acceptors (Lipinski definition) is 6. The van der Waals surface area contributed by atoms with Gasteiger partial charge in [0.05, 0.1) is 11.1 Å². The maximum atomic E-state index is 13.3. The van der Waals surface area contributed by atoms with Crippen LogP contribution in [0.25, 0.3) is 15.9 Å². The van der Waals surface area contributed by atoms with Crippen LogP contribution in [0, 0.1) is 11.7 Å². The Morgan fingerprint density at radius 2 is 2.31 bits per heavy atom. The Kier molecular flexibility index (Phi) is 4.71. The summed E-state index contributed by atoms with van der Waals surface area (Å²) in [6.45, 7) is 2.29. The SMILES string of the molecule is CC1CCc2c(sc3ncn4c(SCC(=O)Nc5cccc(F)c5)nnc4c23)C1. The van der Waals surface area contributed by atoms with E-state index in [1.54, 1.807) is 29.8 Å². The van der Waals surface area contributed by atoms with Gasteiger partial charge in [0.2, 0.25) is 5.91 Å². The number of fused-ring (bicyclic) bond motifs is 5. The molecule has 1 amide bonds. The smallest absolute Gasteiger partial charge is 0.234 e. The lowest BCUT2D eigenvalue weighted by Crippen LogP contribution is -2.14. The van der Waals surface area contributed by atoms with E-state index in [0.717, 1.165) is 28.7 Å². The van der Waals surface area contributed by atoms with E-state index in [-0.39, 0.29) is 17.5 Å². The van der Waals surface area contributed by atoms with Crippen molar-refractivity contribution >= 4 is 50.6 Å². The molecule has 1 N–H and O–H groups in total. The average Bonchev–Trinajstić information content (AvgIpc) is 3.26. The van der Waals surface area contributed by atoms with Gasteiger partial charge in [-0.15, -0.1) is 21.5 Å². The number of nitrogens with one attached hydrogen (secondary N) is 1. The van der Waals surface area contributed by atoms with E-state index < -0.39 is 0 Å². The fraction of sp³-hybridized carbons (Fsp3) is 0.300. The molecule has 1 atom stereocenters. The molecule has 9 heteroatoms. The van der Waals surface area contributed by atoms with Gasteiger partial charge in [-0.1, -0.05) is 24.8 Å². The van der Waals surface area contributed by atoms with Gasteiger partial charge in [-0.05, 0) is 48.9 Å². The number of carbonyl (C=O) groups excluding carboxylic acids is 1. The predicted octanol–water partition coefficient (Wildman–Crippen LogP) is 4.33. The van der Waals surface area contributed by atoms with Crippen LogP contribution in [-0.2, 0) is 17.6 Å². The third-order valence-electron chi connectivity index (χ3n) is 5.11. The summed E-state index contributed by atoms with van der Waals surface area (Å²) in [7, 11) is 0. The molecular formula is C20H18FN5OS2. The number of thioether (sulfide) groups is 1. The van der Waals surface area contributed by atoms with E-state index in [1.807, 2.05) is 4.40 Å². The van der Waals surface area contributed by atoms with E-state index in [2.05, 4.69) is 27.4 Å². The Labute approximate surface area is 174 Å². The van der Waals surface area contributed by atoms with Gasteiger partial charge in [-0.25, -0.2) is 9.37 Å². The quantitative estimate of drug-likeness (QED) is 0.491. The van der Waals surface area contributed by atoms with Gasteiger partial charge >= 0.3 is 0 Å². The van der Waals surface area contributed by atoms with Crippen molar-refractivity contribution in [1.29, 1.82) is 0 Å². The molecule has 0 radical (unpaired) electrons. The van der Waals surface area contributed by atoms with Gasteiger partial charge in [-0.3, -0.25) is 9.20 Å². The molecule has 6 nitrogen and oxygen atoms in total. The van der Waals surface area contributed by atoms with Crippen LogP contribution in [-0.4, -0.2) is 31.2 Å². The summed E-state index contributed by atoms with van der Waals surface area (Å²) in [4.78, 5) is 19.3. The van der Waals surface area contributed by atoms with Crippen LogP contribution in [0.4, 0.5) is 10.1 Å². The highest BCUT2D eigenvalue weighted by molar-refractivity contribution is 7.99. The first-order chi connectivity index (χ1) is 14.1. The van der Waals surface area contributed by atoms with Gasteiger partial charge in [0.1, 0.15) is 17.0 Å². The third kappa shape index (κ3) is 3.49. The van der Waals surface area contributed by atoms with Crippen molar-refractivity contribution in [2.45, 2.75) is 31.3 Å². The zero-order valence-electron chi connectivity index (χ0n) is 15.7. The summed E-state index contributed by atoms with van der Waals surface area (Å²) < 4.78 is 15.1. The number of nitrogens with zero attached hydrogens (tertiary/aromatic N) is 4. The molecule has 3 aromatic heterocycles. The van der Waals surface area contributed by atoms with E-state index in [9.17, 15) is 9.18 Å². The molecule has 0 saturated heterocycles. The van der Waals surface area contributed by atoms with Gasteiger partial charge in [0, 0.05) is 10.6 Å². The Morgan fingerprint density at radius 1 is 1.41 bits per heavy atom. The molecular weight excluding hydrogens is 409 g/mol. The van der Waals surface area contributed by atoms with E-state index >= 15 is 0 Å². The second kappa shape index (κ2) is 7.38. The lowest BCUT2D eigenvalue weighted by atomic mass is 9.89. The van der Waals surface area contributed by atoms with Crippen LogP contribution in [0.1, 0.15) is 23.8 Å². The molecule has 0 fully saturated rings. The number of thiophene rings is 1. The Hall–Kier alpha value is -2.52. The van der Waals surface area contributed by atoms with Gasteiger partial charge in [0.25, 0.3) is 0 Å². The van der Waals surface area contributed by atoms with Crippen LogP contribution in [0.5, 0.6) is 0 Å². The van der Waals surface area contributed by atoms with Crippen LogP contribution in [0.15, 0.2) is 35.7 Å². The number of aryl methyl sites for hydroxylation is 1. The highest BCUT2D eigenvalue weighted by Crippen LogP contribution is 2.39. The Balaban J connectivity index is 1.38. The molecule has 0 aliphatic heterocycles. The zero-order valence-corrected chi connectivity index (χ0v) is 17.3. The maximum absolute atomic E-state index is 13.3. The zero-order chi connectivity index (χ0) is 20.0. The molecule has 3 heterocycles. The fourth-order valence-corrected chi connectivity index (χ4v) is 5.76. The average molecular weight is 428 g/mol. The molecule has 1 aliphatic carbocycles. The number of anilines is 1. The molecule has 29 heavy (non-hydrogen) atoms. The predicted molar refractivity (Wildman–Crippen MR) is 113 cm³/mol. The fourth-order valence-electron chi connectivity index (χ4n) is 3.71. The van der Waals surface area contributed by atoms with Crippen molar-refractivity contribution in [1.82, 2.24) is 19.6 Å². The first kappa shape index (κ1) is 18.5. The van der Waals surface area contributed by atoms with E-state index in [1.165, 1.54) is 40.8 Å². The second-order valence-corrected chi connectivity index (χ2v) is 9.33. The van der Waals surface area contributed by atoms with E-state index in [4.69, 9.17) is 0 Å². The lowest BCUT2D eigenvalue weighted by Gasteiger charge is -2.17. The maximum Gasteiger partial charge on any atom is 0.234 e. The Bertz CT molecular complexity index is 1230. The number of aromatic nitrogens is 4. The Morgan fingerprint density at radius 3 is 3.17 bits per heavy atom. The van der Waals surface area contributed by atoms with Gasteiger partial charge in [0.15, 0.2) is 10.8 Å². The van der Waals surface area contributed by atoms with Crippen molar-refractivity contribution in [3.05, 3.63) is 46.9 Å². The molecule has 1 aromatic carbocycles. The molecule has 0 spiro atoms. The minimum Gasteiger partial charge on any atom is -0.325 e. The summed E-state index contributed by atoms with van der Waals surface area (Å²) in [5.74, 6) is 0.233. The molecule has 1 aliphatic rings.